The number of amides is 2. The van der Waals surface area contributed by atoms with Crippen LogP contribution in [-0.4, -0.2) is 13.1 Å². The van der Waals surface area contributed by atoms with E-state index in [1.165, 1.54) is 18.4 Å². The highest BCUT2D eigenvalue weighted by molar-refractivity contribution is 5.75. The lowest BCUT2D eigenvalue weighted by atomic mass is 10.2. The van der Waals surface area contributed by atoms with Gasteiger partial charge in [0, 0.05) is 12.7 Å². The molecule has 0 saturated heterocycles. The molecule has 1 aromatic carbocycles. The first-order valence-corrected chi connectivity index (χ1v) is 6.53. The molecule has 2 N–H and O–H groups in total. The van der Waals surface area contributed by atoms with Crippen molar-refractivity contribution < 1.29 is 9.53 Å². The molecular weight excluding hydrogens is 240 g/mol. The highest BCUT2D eigenvalue weighted by Gasteiger charge is 2.22. The van der Waals surface area contributed by atoms with Crippen molar-refractivity contribution in [1.82, 2.24) is 10.6 Å². The van der Waals surface area contributed by atoms with Crippen molar-refractivity contribution >= 4 is 6.03 Å². The van der Waals surface area contributed by atoms with E-state index in [1.54, 1.807) is 13.3 Å². The summed E-state index contributed by atoms with van der Waals surface area (Å²) in [5.74, 6) is 1.50. The Bertz CT molecular complexity index is 462. The first kappa shape index (κ1) is 13.5. The van der Waals surface area contributed by atoms with E-state index in [0.29, 0.717) is 12.5 Å². The number of hydrogen-bond donors (Lipinski definition) is 2. The van der Waals surface area contributed by atoms with Crippen molar-refractivity contribution in [2.75, 3.05) is 7.11 Å². The fourth-order valence-electron chi connectivity index (χ4n) is 1.81. The minimum absolute atomic E-state index is 0.171. The molecule has 1 aliphatic carbocycles. The van der Waals surface area contributed by atoms with Gasteiger partial charge in [-0.05, 0) is 43.4 Å². The van der Waals surface area contributed by atoms with Crippen LogP contribution in [0.4, 0.5) is 4.79 Å². The standard InChI is InChI=1S/C15H20N2O2/c1-11(13-5-6-13)9-16-15(18)17-10-12-3-7-14(19-2)8-4-12/h3-4,7-9,13H,5-6,10H2,1-2H3,(H2,16,17,18)/b11-9+. The lowest BCUT2D eigenvalue weighted by Crippen LogP contribution is -2.31. The minimum Gasteiger partial charge on any atom is -0.497 e. The lowest BCUT2D eigenvalue weighted by molar-refractivity contribution is 0.243. The Morgan fingerprint density at radius 1 is 1.37 bits per heavy atom. The molecule has 0 aliphatic heterocycles. The van der Waals surface area contributed by atoms with Crippen LogP contribution in [-0.2, 0) is 6.54 Å². The number of urea groups is 1. The Morgan fingerprint density at radius 2 is 2.05 bits per heavy atom. The van der Waals surface area contributed by atoms with E-state index in [9.17, 15) is 4.79 Å². The van der Waals surface area contributed by atoms with Crippen LogP contribution in [0.25, 0.3) is 0 Å². The quantitative estimate of drug-likeness (QED) is 0.855. The van der Waals surface area contributed by atoms with Crippen molar-refractivity contribution in [3.05, 3.63) is 41.6 Å². The van der Waals surface area contributed by atoms with Gasteiger partial charge in [-0.15, -0.1) is 0 Å². The van der Waals surface area contributed by atoms with Crippen molar-refractivity contribution in [3.8, 4) is 5.75 Å². The Kier molecular flexibility index (Phi) is 4.44. The number of allylic oxidation sites excluding steroid dienone is 1. The van der Waals surface area contributed by atoms with Crippen LogP contribution in [0.5, 0.6) is 5.75 Å². The molecule has 0 heterocycles. The molecule has 0 spiro atoms. The zero-order valence-corrected chi connectivity index (χ0v) is 11.4. The van der Waals surface area contributed by atoms with Gasteiger partial charge in [0.1, 0.15) is 5.75 Å². The molecule has 4 heteroatoms. The number of nitrogens with one attached hydrogen (secondary N) is 2. The average Bonchev–Trinajstić information content (AvgIpc) is 3.27. The van der Waals surface area contributed by atoms with Gasteiger partial charge in [-0.25, -0.2) is 4.79 Å². The fraction of sp³-hybridized carbons (Fsp3) is 0.400. The molecule has 0 radical (unpaired) electrons. The minimum atomic E-state index is -0.171. The summed E-state index contributed by atoms with van der Waals surface area (Å²) in [5.41, 5.74) is 2.29. The van der Waals surface area contributed by atoms with Gasteiger partial charge in [0.25, 0.3) is 0 Å². The summed E-state index contributed by atoms with van der Waals surface area (Å²) in [6.07, 6.45) is 4.30. The highest BCUT2D eigenvalue weighted by atomic mass is 16.5. The Balaban J connectivity index is 1.74. The molecular formula is C15H20N2O2. The Hall–Kier alpha value is -1.97. The maximum absolute atomic E-state index is 11.6. The van der Waals surface area contributed by atoms with Gasteiger partial charge in [-0.1, -0.05) is 17.7 Å². The predicted octanol–water partition coefficient (Wildman–Crippen LogP) is 2.81. The molecule has 102 valence electrons. The van der Waals surface area contributed by atoms with Gasteiger partial charge in [-0.2, -0.15) is 0 Å². The summed E-state index contributed by atoms with van der Waals surface area (Å²) >= 11 is 0. The van der Waals surface area contributed by atoms with E-state index in [1.807, 2.05) is 24.3 Å². The van der Waals surface area contributed by atoms with E-state index >= 15 is 0 Å². The molecule has 0 bridgehead atoms. The van der Waals surface area contributed by atoms with Crippen LogP contribution in [0.2, 0.25) is 0 Å². The summed E-state index contributed by atoms with van der Waals surface area (Å²) in [7, 11) is 1.63. The number of methoxy groups -OCH3 is 1. The number of carbonyl (C=O) groups is 1. The summed E-state index contributed by atoms with van der Waals surface area (Å²) in [4.78, 5) is 11.6. The molecule has 0 atom stereocenters. The van der Waals surface area contributed by atoms with E-state index in [2.05, 4.69) is 17.6 Å². The number of rotatable bonds is 5. The monoisotopic (exact) mass is 260 g/mol. The number of hydrogen-bond acceptors (Lipinski definition) is 2. The molecule has 4 nitrogen and oxygen atoms in total. The van der Waals surface area contributed by atoms with E-state index < -0.39 is 0 Å². The van der Waals surface area contributed by atoms with Crippen molar-refractivity contribution in [3.63, 3.8) is 0 Å². The van der Waals surface area contributed by atoms with E-state index in [-0.39, 0.29) is 6.03 Å². The third kappa shape index (κ3) is 4.32. The third-order valence-electron chi connectivity index (χ3n) is 3.26. The molecule has 2 amide bonds. The van der Waals surface area contributed by atoms with Crippen molar-refractivity contribution in [2.45, 2.75) is 26.3 Å². The van der Waals surface area contributed by atoms with Gasteiger partial charge >= 0.3 is 6.03 Å². The maximum Gasteiger partial charge on any atom is 0.319 e. The second-order valence-corrected chi connectivity index (χ2v) is 4.84. The zero-order valence-electron chi connectivity index (χ0n) is 11.4. The Morgan fingerprint density at radius 3 is 2.63 bits per heavy atom. The fourth-order valence-corrected chi connectivity index (χ4v) is 1.81. The number of benzene rings is 1. The second-order valence-electron chi connectivity index (χ2n) is 4.84. The van der Waals surface area contributed by atoms with Gasteiger partial charge in [0.15, 0.2) is 0 Å². The predicted molar refractivity (Wildman–Crippen MR) is 74.8 cm³/mol. The summed E-state index contributed by atoms with van der Waals surface area (Å²) in [6, 6.07) is 7.46. The molecule has 1 fully saturated rings. The zero-order chi connectivity index (χ0) is 13.7. The number of ether oxygens (including phenoxy) is 1. The molecule has 1 aliphatic rings. The van der Waals surface area contributed by atoms with Gasteiger partial charge in [0.05, 0.1) is 7.11 Å². The van der Waals surface area contributed by atoms with Gasteiger partial charge in [0.2, 0.25) is 0 Å². The van der Waals surface area contributed by atoms with Crippen molar-refractivity contribution in [2.24, 2.45) is 5.92 Å². The highest BCUT2D eigenvalue weighted by Crippen LogP contribution is 2.35. The molecule has 1 saturated carbocycles. The third-order valence-corrected chi connectivity index (χ3v) is 3.26. The SMILES string of the molecule is COc1ccc(CNC(=O)N/C=C(\C)C2CC2)cc1. The van der Waals surface area contributed by atoms with Gasteiger partial charge in [-0.3, -0.25) is 0 Å². The smallest absolute Gasteiger partial charge is 0.319 e. The van der Waals surface area contributed by atoms with E-state index in [4.69, 9.17) is 4.74 Å². The first-order valence-electron chi connectivity index (χ1n) is 6.53. The molecule has 0 aromatic heterocycles. The van der Waals surface area contributed by atoms with Crippen LogP contribution in [0.15, 0.2) is 36.0 Å². The summed E-state index contributed by atoms with van der Waals surface area (Å²) < 4.78 is 5.08. The lowest BCUT2D eigenvalue weighted by Gasteiger charge is -2.06. The van der Waals surface area contributed by atoms with Crippen LogP contribution >= 0.6 is 0 Å². The number of carbonyl (C=O) groups excluding carboxylic acids is 1. The summed E-state index contributed by atoms with van der Waals surface area (Å²) in [6.45, 7) is 2.56. The average molecular weight is 260 g/mol. The van der Waals surface area contributed by atoms with Crippen LogP contribution in [0.3, 0.4) is 0 Å². The Labute approximate surface area is 113 Å². The topological polar surface area (TPSA) is 50.4 Å². The first-order chi connectivity index (χ1) is 9.19. The van der Waals surface area contributed by atoms with Crippen LogP contribution in [0.1, 0.15) is 25.3 Å². The van der Waals surface area contributed by atoms with Crippen LogP contribution < -0.4 is 15.4 Å². The molecule has 19 heavy (non-hydrogen) atoms. The van der Waals surface area contributed by atoms with Crippen molar-refractivity contribution in [1.29, 1.82) is 0 Å². The largest absolute Gasteiger partial charge is 0.497 e. The second kappa shape index (κ2) is 6.27. The maximum atomic E-state index is 11.6. The molecule has 0 unspecified atom stereocenters. The molecule has 1 aromatic rings. The van der Waals surface area contributed by atoms with Gasteiger partial charge < -0.3 is 15.4 Å². The normalized spacial score (nSPS) is 14.9. The molecule has 2 rings (SSSR count). The van der Waals surface area contributed by atoms with Crippen LogP contribution in [0, 0.1) is 5.92 Å². The summed E-state index contributed by atoms with van der Waals surface area (Å²) in [5, 5.41) is 5.58. The van der Waals surface area contributed by atoms with E-state index in [0.717, 1.165) is 11.3 Å².